The summed E-state index contributed by atoms with van der Waals surface area (Å²) >= 11 is 0. The van der Waals surface area contributed by atoms with Gasteiger partial charge < -0.3 is 14.2 Å². The molecule has 6 aromatic rings. The molecule has 5 aromatic carbocycles. The summed E-state index contributed by atoms with van der Waals surface area (Å²) in [6.07, 6.45) is 4.54. The number of nitrogens with zero attached hydrogens (tertiary/aromatic N) is 2. The van der Waals surface area contributed by atoms with Crippen LogP contribution >= 0.6 is 0 Å². The lowest BCUT2D eigenvalue weighted by molar-refractivity contribution is 0.282. The van der Waals surface area contributed by atoms with Crippen LogP contribution in [0.2, 0.25) is 0 Å². The van der Waals surface area contributed by atoms with E-state index >= 15 is 0 Å². The summed E-state index contributed by atoms with van der Waals surface area (Å²) in [5.41, 5.74) is 23.8. The Hall–Kier alpha value is -4.96. The Morgan fingerprint density at radius 2 is 1.15 bits per heavy atom. The molecule has 3 heterocycles. The van der Waals surface area contributed by atoms with E-state index in [2.05, 4.69) is 225 Å². The molecule has 0 amide bonds. The Kier molecular flexibility index (Phi) is 10.3. The largest absolute Gasteiger partial charge is 0.472 e. The van der Waals surface area contributed by atoms with Crippen LogP contribution in [0.5, 0.6) is 0 Å². The zero-order valence-corrected chi connectivity index (χ0v) is 45.1. The zero-order valence-electron chi connectivity index (χ0n) is 45.1. The maximum atomic E-state index is 7.83. The first-order valence-electron chi connectivity index (χ1n) is 25.9. The summed E-state index contributed by atoms with van der Waals surface area (Å²) in [7, 11) is 0. The number of furan rings is 1. The number of fused-ring (bicyclic) bond motifs is 7. The Morgan fingerprint density at radius 1 is 0.574 bits per heavy atom. The molecule has 354 valence electrons. The Bertz CT molecular complexity index is 2990. The summed E-state index contributed by atoms with van der Waals surface area (Å²) in [6.45, 7) is 43.9. The van der Waals surface area contributed by atoms with Gasteiger partial charge in [0.2, 0.25) is 0 Å². The third-order valence-electron chi connectivity index (χ3n) is 17.0. The highest BCUT2D eigenvalue weighted by molar-refractivity contribution is 6.99. The van der Waals surface area contributed by atoms with Crippen molar-refractivity contribution in [3.8, 4) is 11.1 Å². The number of anilines is 5. The third-order valence-corrected chi connectivity index (χ3v) is 17.0. The molecule has 3 nitrogen and oxygen atoms in total. The molecule has 10 rings (SSSR count). The molecule has 4 aliphatic rings. The van der Waals surface area contributed by atoms with Crippen LogP contribution in [0.1, 0.15) is 194 Å². The van der Waals surface area contributed by atoms with Crippen LogP contribution in [-0.2, 0) is 44.4 Å². The van der Waals surface area contributed by atoms with E-state index in [1.54, 1.807) is 0 Å². The van der Waals surface area contributed by atoms with Gasteiger partial charge in [-0.3, -0.25) is 0 Å². The first-order valence-corrected chi connectivity index (χ1v) is 25.9. The molecule has 0 fully saturated rings. The van der Waals surface area contributed by atoms with Gasteiger partial charge in [-0.1, -0.05) is 178 Å². The van der Waals surface area contributed by atoms with E-state index in [9.17, 15) is 0 Å². The number of aryl methyl sites for hydroxylation is 1. The van der Waals surface area contributed by atoms with Crippen LogP contribution in [0.15, 0.2) is 95.4 Å². The molecular formula is C64H79BN2O. The van der Waals surface area contributed by atoms with Gasteiger partial charge in [0.1, 0.15) is 5.76 Å². The Labute approximate surface area is 411 Å². The highest BCUT2D eigenvalue weighted by Gasteiger charge is 2.53. The normalized spacial score (nSPS) is 18.6. The fourth-order valence-corrected chi connectivity index (χ4v) is 12.6. The maximum Gasteiger partial charge on any atom is 0.297 e. The van der Waals surface area contributed by atoms with E-state index in [0.717, 1.165) is 18.5 Å². The van der Waals surface area contributed by atoms with Gasteiger partial charge in [-0.2, -0.15) is 0 Å². The van der Waals surface area contributed by atoms with Gasteiger partial charge in [0.15, 0.2) is 0 Å². The van der Waals surface area contributed by atoms with Gasteiger partial charge >= 0.3 is 0 Å². The lowest BCUT2D eigenvalue weighted by atomic mass is 9.35. The van der Waals surface area contributed by atoms with Crippen LogP contribution < -0.4 is 26.4 Å². The first-order chi connectivity index (χ1) is 31.5. The van der Waals surface area contributed by atoms with Crippen molar-refractivity contribution in [2.75, 3.05) is 9.80 Å². The average molecular weight is 903 g/mol. The van der Waals surface area contributed by atoms with Crippen molar-refractivity contribution in [1.82, 2.24) is 0 Å². The number of benzene rings is 5. The minimum absolute atomic E-state index is 0.0420. The minimum Gasteiger partial charge on any atom is -0.472 e. The van der Waals surface area contributed by atoms with E-state index in [0.29, 0.717) is 6.54 Å². The first kappa shape index (κ1) is 46.8. The van der Waals surface area contributed by atoms with Crippen molar-refractivity contribution in [3.05, 3.63) is 141 Å². The lowest BCUT2D eigenvalue weighted by Gasteiger charge is -2.47. The van der Waals surface area contributed by atoms with Gasteiger partial charge in [0, 0.05) is 40.3 Å². The van der Waals surface area contributed by atoms with E-state index < -0.39 is 0 Å². The second kappa shape index (κ2) is 15.0. The third kappa shape index (κ3) is 7.35. The predicted molar refractivity (Wildman–Crippen MR) is 294 cm³/mol. The molecule has 0 unspecified atom stereocenters. The Balaban J connectivity index is 1.34. The van der Waals surface area contributed by atoms with Gasteiger partial charge in [-0.05, 0) is 156 Å². The van der Waals surface area contributed by atoms with E-state index in [1.807, 2.05) is 0 Å². The van der Waals surface area contributed by atoms with Gasteiger partial charge in [0.05, 0.1) is 11.3 Å². The molecule has 1 aromatic heterocycles. The fourth-order valence-electron chi connectivity index (χ4n) is 12.6. The van der Waals surface area contributed by atoms with Gasteiger partial charge in [-0.15, -0.1) is 0 Å². The second-order valence-corrected chi connectivity index (χ2v) is 27.3. The van der Waals surface area contributed by atoms with Crippen LogP contribution in [0.4, 0.5) is 28.4 Å². The van der Waals surface area contributed by atoms with E-state index in [-0.39, 0.29) is 44.6 Å². The van der Waals surface area contributed by atoms with E-state index in [4.69, 9.17) is 4.42 Å². The summed E-state index contributed by atoms with van der Waals surface area (Å²) in [5.74, 6) is 1.18. The van der Waals surface area contributed by atoms with Crippen LogP contribution in [0.3, 0.4) is 0 Å². The summed E-state index contributed by atoms with van der Waals surface area (Å²) in [6, 6.07) is 36.1. The molecule has 68 heavy (non-hydrogen) atoms. The summed E-state index contributed by atoms with van der Waals surface area (Å²) in [4.78, 5) is 5.39. The average Bonchev–Trinajstić information content (AvgIpc) is 3.67. The standard InChI is InChI=1S/C64H79BN2O/c1-39-32-50-54-51(33-39)67(44-26-24-42(25-27-44)58(2,3)4)49-37-46-45(61(11,12)28-29-62(46,13)14)36-48(49)65(54)57-55(53-56(68-57)64(17,18)31-30-63(53,15)16)66(50)38-41-34-43(59(5,6)7)35-47(60(8,9)10)52(41)40-22-20-19-21-23-40/h19-27,32-37H,28-31,38H2,1-18H3. The maximum absolute atomic E-state index is 7.83. The lowest BCUT2D eigenvalue weighted by Crippen LogP contribution is -2.62. The minimum atomic E-state index is -0.111. The number of rotatable bonds is 4. The molecule has 2 aliphatic carbocycles. The molecule has 0 atom stereocenters. The predicted octanol–water partition coefficient (Wildman–Crippen LogP) is 15.8. The fraction of sp³-hybridized carbons (Fsp3) is 0.469. The summed E-state index contributed by atoms with van der Waals surface area (Å²) in [5, 5.41) is 0. The van der Waals surface area contributed by atoms with E-state index in [1.165, 1.54) is 114 Å². The zero-order chi connectivity index (χ0) is 49.1. The summed E-state index contributed by atoms with van der Waals surface area (Å²) < 4.78 is 7.83. The van der Waals surface area contributed by atoms with Crippen molar-refractivity contribution in [3.63, 3.8) is 0 Å². The SMILES string of the molecule is Cc1cc2c3c(c1)N(c1ccc(C(C)(C)C)cc1)c1cc4c(cc1B3c1oc3c(c1N2Cc1cc(C(C)(C)C)cc(C(C)(C)C)c1-c1ccccc1)C(C)(C)CCC3(C)C)C(C)(C)CCC4(C)C. The van der Waals surface area contributed by atoms with Crippen molar-refractivity contribution in [2.24, 2.45) is 0 Å². The molecule has 0 saturated heterocycles. The van der Waals surface area contributed by atoms with Gasteiger partial charge in [-0.25, -0.2) is 0 Å². The molecule has 0 bridgehead atoms. The van der Waals surface area contributed by atoms with Crippen molar-refractivity contribution < 1.29 is 4.42 Å². The topological polar surface area (TPSA) is 19.6 Å². The van der Waals surface area contributed by atoms with Crippen LogP contribution in [0, 0.1) is 6.92 Å². The van der Waals surface area contributed by atoms with Crippen molar-refractivity contribution in [2.45, 2.75) is 195 Å². The smallest absolute Gasteiger partial charge is 0.297 e. The number of hydrogen-bond acceptors (Lipinski definition) is 3. The monoisotopic (exact) mass is 903 g/mol. The molecule has 0 saturated carbocycles. The molecule has 4 heteroatoms. The quantitative estimate of drug-likeness (QED) is 0.164. The molecule has 0 N–H and O–H groups in total. The van der Waals surface area contributed by atoms with Gasteiger partial charge in [0.25, 0.3) is 6.71 Å². The highest BCUT2D eigenvalue weighted by atomic mass is 16.3. The molecule has 2 aliphatic heterocycles. The number of hydrogen-bond donors (Lipinski definition) is 0. The second-order valence-electron chi connectivity index (χ2n) is 27.3. The Morgan fingerprint density at radius 3 is 1.75 bits per heavy atom. The molecule has 0 spiro atoms. The van der Waals surface area contributed by atoms with Crippen molar-refractivity contribution in [1.29, 1.82) is 0 Å². The molecular weight excluding hydrogens is 824 g/mol. The van der Waals surface area contributed by atoms with Crippen LogP contribution in [0.25, 0.3) is 11.1 Å². The van der Waals surface area contributed by atoms with Crippen molar-refractivity contribution >= 4 is 51.7 Å². The van der Waals surface area contributed by atoms with Crippen LogP contribution in [-0.4, -0.2) is 6.71 Å². The molecule has 0 radical (unpaired) electrons. The highest BCUT2D eigenvalue weighted by Crippen LogP contribution is 2.55.